The predicted molar refractivity (Wildman–Crippen MR) is 106 cm³/mol. The standard InChI is InChI=1S/C22H16Br2/c23-11-13-9-10-14(12-24)20-19(13)21-15-5-1-2-6-16(15)22(20)18-8-4-3-7-17(18)21/h1-10,21-22H,11-12H2. The van der Waals surface area contributed by atoms with Crippen molar-refractivity contribution in [2.45, 2.75) is 22.5 Å². The Kier molecular flexibility index (Phi) is 3.46. The van der Waals surface area contributed by atoms with Crippen LogP contribution in [-0.2, 0) is 10.7 Å². The molecule has 2 heteroatoms. The molecule has 24 heavy (non-hydrogen) atoms. The molecule has 3 aromatic carbocycles. The molecule has 0 aromatic heterocycles. The summed E-state index contributed by atoms with van der Waals surface area (Å²) < 4.78 is 0. The van der Waals surface area contributed by atoms with Crippen LogP contribution in [0.2, 0.25) is 0 Å². The Morgan fingerprint density at radius 2 is 0.875 bits per heavy atom. The Balaban J connectivity index is 1.93. The average molecular weight is 440 g/mol. The molecular formula is C22H16Br2. The third kappa shape index (κ3) is 1.84. The van der Waals surface area contributed by atoms with E-state index >= 15 is 0 Å². The smallest absolute Gasteiger partial charge is 0.0352 e. The van der Waals surface area contributed by atoms with Crippen LogP contribution in [0.5, 0.6) is 0 Å². The Morgan fingerprint density at radius 3 is 1.17 bits per heavy atom. The van der Waals surface area contributed by atoms with Crippen LogP contribution in [0, 0.1) is 0 Å². The molecule has 3 aliphatic carbocycles. The highest BCUT2D eigenvalue weighted by Crippen LogP contribution is 2.57. The lowest BCUT2D eigenvalue weighted by atomic mass is 9.59. The van der Waals surface area contributed by atoms with E-state index in [0.717, 1.165) is 10.7 Å². The number of hydrogen-bond acceptors (Lipinski definition) is 0. The minimum absolute atomic E-state index is 0.365. The van der Waals surface area contributed by atoms with E-state index in [2.05, 4.69) is 92.5 Å². The molecule has 0 atom stereocenters. The topological polar surface area (TPSA) is 0 Å². The van der Waals surface area contributed by atoms with Gasteiger partial charge in [0.15, 0.2) is 0 Å². The van der Waals surface area contributed by atoms with E-state index in [9.17, 15) is 0 Å². The van der Waals surface area contributed by atoms with E-state index < -0.39 is 0 Å². The first-order chi connectivity index (χ1) is 11.8. The first-order valence-electron chi connectivity index (χ1n) is 8.29. The van der Waals surface area contributed by atoms with Crippen LogP contribution in [0.15, 0.2) is 60.7 Å². The summed E-state index contributed by atoms with van der Waals surface area (Å²) in [6.45, 7) is 0. The van der Waals surface area contributed by atoms with Gasteiger partial charge in [0.05, 0.1) is 0 Å². The summed E-state index contributed by atoms with van der Waals surface area (Å²) in [5.41, 5.74) is 11.9. The van der Waals surface area contributed by atoms with Gasteiger partial charge in [-0.25, -0.2) is 0 Å². The Hall–Kier alpha value is -1.38. The molecule has 0 saturated carbocycles. The highest BCUT2D eigenvalue weighted by molar-refractivity contribution is 9.08. The molecule has 0 nitrogen and oxygen atoms in total. The van der Waals surface area contributed by atoms with Crippen molar-refractivity contribution in [2.24, 2.45) is 0 Å². The summed E-state index contributed by atoms with van der Waals surface area (Å²) in [6, 6.07) is 22.6. The maximum Gasteiger partial charge on any atom is 0.0352 e. The molecule has 0 aliphatic heterocycles. The first-order valence-corrected chi connectivity index (χ1v) is 10.5. The van der Waals surface area contributed by atoms with Gasteiger partial charge in [-0.3, -0.25) is 0 Å². The lowest BCUT2D eigenvalue weighted by molar-refractivity contribution is 0.741. The minimum atomic E-state index is 0.365. The lowest BCUT2D eigenvalue weighted by Gasteiger charge is -2.44. The summed E-state index contributed by atoms with van der Waals surface area (Å²) in [5.74, 6) is 0.730. The lowest BCUT2D eigenvalue weighted by Crippen LogP contribution is -2.29. The Morgan fingerprint density at radius 1 is 0.542 bits per heavy atom. The SMILES string of the molecule is BrCc1ccc(CBr)c2c1C1c3ccccc3C2c2ccccc21. The average Bonchev–Trinajstić information content (AvgIpc) is 2.66. The summed E-state index contributed by atoms with van der Waals surface area (Å²) in [4.78, 5) is 0. The minimum Gasteiger partial charge on any atom is -0.0876 e. The van der Waals surface area contributed by atoms with Gasteiger partial charge in [0, 0.05) is 22.5 Å². The summed E-state index contributed by atoms with van der Waals surface area (Å²) in [5, 5.41) is 1.82. The van der Waals surface area contributed by atoms with Crippen molar-refractivity contribution in [3.05, 3.63) is 105 Å². The zero-order valence-electron chi connectivity index (χ0n) is 13.1. The molecule has 0 fully saturated rings. The molecule has 0 radical (unpaired) electrons. The normalized spacial score (nSPS) is 19.6. The second-order valence-corrected chi connectivity index (χ2v) is 7.72. The maximum absolute atomic E-state index is 3.72. The van der Waals surface area contributed by atoms with Crippen LogP contribution < -0.4 is 0 Å². The van der Waals surface area contributed by atoms with Crippen molar-refractivity contribution in [1.82, 2.24) is 0 Å². The van der Waals surface area contributed by atoms with Crippen molar-refractivity contribution in [3.63, 3.8) is 0 Å². The van der Waals surface area contributed by atoms with Crippen LogP contribution in [0.3, 0.4) is 0 Å². The molecule has 6 rings (SSSR count). The Bertz CT molecular complexity index is 833. The zero-order chi connectivity index (χ0) is 16.3. The highest BCUT2D eigenvalue weighted by atomic mass is 79.9. The number of benzene rings is 3. The molecule has 0 heterocycles. The monoisotopic (exact) mass is 438 g/mol. The fraction of sp³-hybridized carbons (Fsp3) is 0.182. The van der Waals surface area contributed by atoms with E-state index in [1.54, 1.807) is 0 Å². The third-order valence-electron chi connectivity index (χ3n) is 5.57. The largest absolute Gasteiger partial charge is 0.0876 e. The Labute approximate surface area is 159 Å². The van der Waals surface area contributed by atoms with Crippen molar-refractivity contribution in [2.75, 3.05) is 0 Å². The molecular weight excluding hydrogens is 424 g/mol. The van der Waals surface area contributed by atoms with E-state index in [4.69, 9.17) is 0 Å². The summed E-state index contributed by atoms with van der Waals surface area (Å²) in [7, 11) is 0. The summed E-state index contributed by atoms with van der Waals surface area (Å²) >= 11 is 7.45. The van der Waals surface area contributed by atoms with Crippen LogP contribution >= 0.6 is 31.9 Å². The number of rotatable bonds is 2. The van der Waals surface area contributed by atoms with Gasteiger partial charge in [0.25, 0.3) is 0 Å². The van der Waals surface area contributed by atoms with Crippen molar-refractivity contribution in [3.8, 4) is 0 Å². The number of alkyl halides is 2. The second-order valence-electron chi connectivity index (χ2n) is 6.60. The molecule has 3 aliphatic rings. The van der Waals surface area contributed by atoms with Gasteiger partial charge in [-0.1, -0.05) is 92.5 Å². The van der Waals surface area contributed by atoms with Gasteiger partial charge < -0.3 is 0 Å². The predicted octanol–water partition coefficient (Wildman–Crippen LogP) is 6.46. The molecule has 0 amide bonds. The quantitative estimate of drug-likeness (QED) is 0.277. The number of halogens is 2. The molecule has 118 valence electrons. The van der Waals surface area contributed by atoms with E-state index in [-0.39, 0.29) is 0 Å². The van der Waals surface area contributed by atoms with Gasteiger partial charge >= 0.3 is 0 Å². The van der Waals surface area contributed by atoms with Crippen LogP contribution in [-0.4, -0.2) is 0 Å². The first kappa shape index (κ1) is 14.9. The third-order valence-corrected chi connectivity index (χ3v) is 6.78. The molecule has 2 bridgehead atoms. The highest BCUT2D eigenvalue weighted by Gasteiger charge is 2.42. The van der Waals surface area contributed by atoms with Gasteiger partial charge in [-0.05, 0) is 44.5 Å². The van der Waals surface area contributed by atoms with Crippen molar-refractivity contribution < 1.29 is 0 Å². The fourth-order valence-corrected chi connectivity index (χ4v) is 5.65. The van der Waals surface area contributed by atoms with Gasteiger partial charge in [0.1, 0.15) is 0 Å². The fourth-order valence-electron chi connectivity index (χ4n) is 4.67. The van der Waals surface area contributed by atoms with E-state index in [1.807, 2.05) is 0 Å². The molecule has 3 aromatic rings. The van der Waals surface area contributed by atoms with E-state index in [0.29, 0.717) is 11.8 Å². The molecule has 0 unspecified atom stereocenters. The van der Waals surface area contributed by atoms with Gasteiger partial charge in [0.2, 0.25) is 0 Å². The molecule has 0 saturated heterocycles. The maximum atomic E-state index is 3.72. The van der Waals surface area contributed by atoms with E-state index in [1.165, 1.54) is 44.5 Å². The van der Waals surface area contributed by atoms with Gasteiger partial charge in [-0.2, -0.15) is 0 Å². The van der Waals surface area contributed by atoms with Crippen LogP contribution in [0.25, 0.3) is 0 Å². The second kappa shape index (κ2) is 5.57. The van der Waals surface area contributed by atoms with Crippen LogP contribution in [0.1, 0.15) is 56.3 Å². The molecule has 0 spiro atoms. The van der Waals surface area contributed by atoms with Crippen molar-refractivity contribution >= 4 is 31.9 Å². The molecule has 0 N–H and O–H groups in total. The van der Waals surface area contributed by atoms with Crippen LogP contribution in [0.4, 0.5) is 0 Å². The van der Waals surface area contributed by atoms with Crippen molar-refractivity contribution in [1.29, 1.82) is 0 Å². The number of hydrogen-bond donors (Lipinski definition) is 0. The van der Waals surface area contributed by atoms with Gasteiger partial charge in [-0.15, -0.1) is 0 Å². The summed E-state index contributed by atoms with van der Waals surface area (Å²) in [6.07, 6.45) is 0. The zero-order valence-corrected chi connectivity index (χ0v) is 16.3.